The van der Waals surface area contributed by atoms with Crippen molar-refractivity contribution < 1.29 is 9.32 Å². The zero-order valence-corrected chi connectivity index (χ0v) is 16.2. The lowest BCUT2D eigenvalue weighted by molar-refractivity contribution is -0.136. The van der Waals surface area contributed by atoms with Crippen LogP contribution in [0.15, 0.2) is 28.8 Å². The second kappa shape index (κ2) is 7.37. The van der Waals surface area contributed by atoms with Gasteiger partial charge in [-0.1, -0.05) is 37.5 Å². The van der Waals surface area contributed by atoms with Gasteiger partial charge >= 0.3 is 0 Å². The minimum atomic E-state index is -0.520. The summed E-state index contributed by atoms with van der Waals surface area (Å²) < 4.78 is 5.48. The van der Waals surface area contributed by atoms with Gasteiger partial charge in [0.05, 0.1) is 12.0 Å². The number of carbonyl (C=O) groups is 1. The van der Waals surface area contributed by atoms with E-state index in [1.165, 1.54) is 0 Å². The van der Waals surface area contributed by atoms with Crippen molar-refractivity contribution in [1.82, 2.24) is 15.0 Å². The van der Waals surface area contributed by atoms with E-state index in [0.29, 0.717) is 23.3 Å². The van der Waals surface area contributed by atoms with Crippen molar-refractivity contribution in [3.05, 3.63) is 35.2 Å². The molecule has 3 rings (SSSR count). The summed E-state index contributed by atoms with van der Waals surface area (Å²) in [6, 6.07) is 6.78. The predicted molar refractivity (Wildman–Crippen MR) is 101 cm³/mol. The summed E-state index contributed by atoms with van der Waals surface area (Å²) in [5, 5.41) is 4.74. The molecule has 2 N–H and O–H groups in total. The first-order valence-electron chi connectivity index (χ1n) is 8.89. The molecule has 26 heavy (non-hydrogen) atoms. The third kappa shape index (κ3) is 4.07. The van der Waals surface area contributed by atoms with Gasteiger partial charge in [0.2, 0.25) is 17.6 Å². The van der Waals surface area contributed by atoms with E-state index < -0.39 is 6.04 Å². The van der Waals surface area contributed by atoms with Gasteiger partial charge in [-0.05, 0) is 42.5 Å². The largest absolute Gasteiger partial charge is 0.341 e. The fourth-order valence-corrected chi connectivity index (χ4v) is 3.19. The Hall–Kier alpha value is -1.92. The number of benzene rings is 1. The van der Waals surface area contributed by atoms with Gasteiger partial charge in [-0.3, -0.25) is 4.79 Å². The van der Waals surface area contributed by atoms with Crippen LogP contribution in [0.4, 0.5) is 0 Å². The van der Waals surface area contributed by atoms with Crippen LogP contribution in [0.5, 0.6) is 0 Å². The number of hydrogen-bond donors (Lipinski definition) is 1. The Morgan fingerprint density at radius 3 is 2.69 bits per heavy atom. The zero-order valence-electron chi connectivity index (χ0n) is 15.4. The molecule has 1 fully saturated rings. The summed E-state index contributed by atoms with van der Waals surface area (Å²) in [5.41, 5.74) is 6.73. The summed E-state index contributed by atoms with van der Waals surface area (Å²) in [7, 11) is 0. The highest BCUT2D eigenvalue weighted by Crippen LogP contribution is 2.29. The van der Waals surface area contributed by atoms with E-state index in [1.807, 2.05) is 37.8 Å². The fraction of sp³-hybridized carbons (Fsp3) is 0.526. The number of rotatable bonds is 3. The first-order valence-corrected chi connectivity index (χ1v) is 9.27. The Kier molecular flexibility index (Phi) is 5.34. The van der Waals surface area contributed by atoms with E-state index >= 15 is 0 Å². The molecule has 2 aromatic rings. The summed E-state index contributed by atoms with van der Waals surface area (Å²) in [6.07, 6.45) is 1.81. The van der Waals surface area contributed by atoms with Crippen LogP contribution in [-0.2, 0) is 4.79 Å². The van der Waals surface area contributed by atoms with Gasteiger partial charge in [-0.15, -0.1) is 0 Å². The SMILES string of the molecule is CC(C)(C)[C@H](N)C(=O)N1CCCC(c2nc(-c3ccc(Cl)cc3)no2)C1. The van der Waals surface area contributed by atoms with Crippen LogP contribution in [0, 0.1) is 5.41 Å². The molecule has 0 bridgehead atoms. The Labute approximate surface area is 158 Å². The first-order chi connectivity index (χ1) is 12.3. The molecule has 0 aliphatic carbocycles. The number of halogens is 1. The molecule has 1 aliphatic heterocycles. The first kappa shape index (κ1) is 18.9. The lowest BCUT2D eigenvalue weighted by atomic mass is 9.86. The van der Waals surface area contributed by atoms with Crippen LogP contribution >= 0.6 is 11.6 Å². The van der Waals surface area contributed by atoms with E-state index in [9.17, 15) is 4.79 Å². The van der Waals surface area contributed by atoms with Crippen molar-refractivity contribution >= 4 is 17.5 Å². The maximum absolute atomic E-state index is 12.7. The minimum absolute atomic E-state index is 0.0142. The van der Waals surface area contributed by atoms with Gasteiger partial charge in [-0.25, -0.2) is 0 Å². The molecule has 2 atom stereocenters. The molecule has 1 saturated heterocycles. The van der Waals surface area contributed by atoms with E-state index in [1.54, 1.807) is 12.1 Å². The fourth-order valence-electron chi connectivity index (χ4n) is 3.06. The maximum Gasteiger partial charge on any atom is 0.240 e. The molecule has 6 nitrogen and oxygen atoms in total. The average molecular weight is 377 g/mol. The van der Waals surface area contributed by atoms with Crippen molar-refractivity contribution in [3.8, 4) is 11.4 Å². The highest BCUT2D eigenvalue weighted by Gasteiger charge is 2.35. The summed E-state index contributed by atoms with van der Waals surface area (Å²) in [5.74, 6) is 1.12. The van der Waals surface area contributed by atoms with Gasteiger partial charge < -0.3 is 15.2 Å². The molecule has 1 aliphatic rings. The van der Waals surface area contributed by atoms with Gasteiger partial charge in [0.1, 0.15) is 0 Å². The van der Waals surface area contributed by atoms with Crippen LogP contribution < -0.4 is 5.73 Å². The molecule has 1 aromatic heterocycles. The molecular weight excluding hydrogens is 352 g/mol. The molecule has 2 heterocycles. The number of nitrogens with zero attached hydrogens (tertiary/aromatic N) is 3. The number of aromatic nitrogens is 2. The van der Waals surface area contributed by atoms with Gasteiger partial charge in [0.25, 0.3) is 0 Å². The molecule has 0 saturated carbocycles. The number of amides is 1. The van der Waals surface area contributed by atoms with Gasteiger partial charge in [-0.2, -0.15) is 4.98 Å². The summed E-state index contributed by atoms with van der Waals surface area (Å²) in [4.78, 5) is 19.1. The second-order valence-corrected chi connectivity index (χ2v) is 8.37. The molecular formula is C19H25ClN4O2. The van der Waals surface area contributed by atoms with Crippen molar-refractivity contribution in [3.63, 3.8) is 0 Å². The summed E-state index contributed by atoms with van der Waals surface area (Å²) in [6.45, 7) is 7.22. The lowest BCUT2D eigenvalue weighted by Crippen LogP contribution is -2.52. The van der Waals surface area contributed by atoms with E-state index in [-0.39, 0.29) is 17.2 Å². The van der Waals surface area contributed by atoms with Gasteiger partial charge in [0, 0.05) is 23.7 Å². The Bertz CT molecular complexity index is 767. The monoisotopic (exact) mass is 376 g/mol. The number of hydrogen-bond acceptors (Lipinski definition) is 5. The standard InChI is InChI=1S/C19H25ClN4O2/c1-19(2,3)15(21)18(25)24-10-4-5-13(11-24)17-22-16(23-26-17)12-6-8-14(20)9-7-12/h6-9,13,15H,4-5,10-11,21H2,1-3H3/t13?,15-/m1/s1. The Balaban J connectivity index is 1.72. The molecule has 140 valence electrons. The van der Waals surface area contributed by atoms with Crippen molar-refractivity contribution in [2.24, 2.45) is 11.1 Å². The molecule has 1 amide bonds. The van der Waals surface area contributed by atoms with Crippen LogP contribution in [0.2, 0.25) is 5.02 Å². The number of likely N-dealkylation sites (tertiary alicyclic amines) is 1. The lowest BCUT2D eigenvalue weighted by Gasteiger charge is -2.36. The smallest absolute Gasteiger partial charge is 0.240 e. The molecule has 0 radical (unpaired) electrons. The third-order valence-corrected chi connectivity index (χ3v) is 5.08. The highest BCUT2D eigenvalue weighted by molar-refractivity contribution is 6.30. The molecule has 1 unspecified atom stereocenters. The van der Waals surface area contributed by atoms with Gasteiger partial charge in [0.15, 0.2) is 0 Å². The number of nitrogens with two attached hydrogens (primary N) is 1. The maximum atomic E-state index is 12.7. The Morgan fingerprint density at radius 2 is 2.04 bits per heavy atom. The Morgan fingerprint density at radius 1 is 1.35 bits per heavy atom. The number of piperidine rings is 1. The minimum Gasteiger partial charge on any atom is -0.341 e. The third-order valence-electron chi connectivity index (χ3n) is 4.83. The van der Waals surface area contributed by atoms with Crippen LogP contribution in [0.3, 0.4) is 0 Å². The quantitative estimate of drug-likeness (QED) is 0.886. The molecule has 1 aromatic carbocycles. The number of carbonyl (C=O) groups excluding carboxylic acids is 1. The molecule has 7 heteroatoms. The van der Waals surface area contributed by atoms with Crippen molar-refractivity contribution in [2.75, 3.05) is 13.1 Å². The highest BCUT2D eigenvalue weighted by atomic mass is 35.5. The van der Waals surface area contributed by atoms with E-state index in [4.69, 9.17) is 21.9 Å². The van der Waals surface area contributed by atoms with Crippen LogP contribution in [0.1, 0.15) is 45.4 Å². The van der Waals surface area contributed by atoms with Crippen LogP contribution in [0.25, 0.3) is 11.4 Å². The zero-order chi connectivity index (χ0) is 18.9. The predicted octanol–water partition coefficient (Wildman–Crippen LogP) is 3.47. The van der Waals surface area contributed by atoms with E-state index in [0.717, 1.165) is 24.9 Å². The summed E-state index contributed by atoms with van der Waals surface area (Å²) >= 11 is 5.92. The van der Waals surface area contributed by atoms with Crippen molar-refractivity contribution in [2.45, 2.75) is 45.6 Å². The molecule has 0 spiro atoms. The van der Waals surface area contributed by atoms with E-state index in [2.05, 4.69) is 10.1 Å². The normalized spacial score (nSPS) is 19.4. The average Bonchev–Trinajstić information content (AvgIpc) is 3.10. The second-order valence-electron chi connectivity index (χ2n) is 7.93. The van der Waals surface area contributed by atoms with Crippen molar-refractivity contribution in [1.29, 1.82) is 0 Å². The van der Waals surface area contributed by atoms with Crippen LogP contribution in [-0.4, -0.2) is 40.1 Å². The topological polar surface area (TPSA) is 85.3 Å².